The van der Waals surface area contributed by atoms with Crippen molar-refractivity contribution in [2.75, 3.05) is 20.3 Å². The van der Waals surface area contributed by atoms with Gasteiger partial charge in [0.15, 0.2) is 0 Å². The molecule has 1 aromatic carbocycles. The number of amides is 2. The van der Waals surface area contributed by atoms with Gasteiger partial charge >= 0.3 is 0 Å². The molecule has 2 aliphatic heterocycles. The van der Waals surface area contributed by atoms with Gasteiger partial charge in [0.25, 0.3) is 5.91 Å². The third kappa shape index (κ3) is 4.31. The Labute approximate surface area is 200 Å². The lowest BCUT2D eigenvalue weighted by Crippen LogP contribution is -2.66. The number of ether oxygens (including phenoxy) is 2. The molecule has 1 saturated carbocycles. The van der Waals surface area contributed by atoms with Gasteiger partial charge in [-0.1, -0.05) is 19.3 Å². The summed E-state index contributed by atoms with van der Waals surface area (Å²) < 4.78 is 12.8. The molecule has 2 amide bonds. The van der Waals surface area contributed by atoms with E-state index in [0.29, 0.717) is 31.1 Å². The van der Waals surface area contributed by atoms with Crippen LogP contribution < -0.4 is 10.1 Å². The van der Waals surface area contributed by atoms with E-state index in [2.05, 4.69) is 5.32 Å². The first-order chi connectivity index (χ1) is 16.5. The summed E-state index contributed by atoms with van der Waals surface area (Å²) in [4.78, 5) is 29.2. The number of methoxy groups -OCH3 is 1. The van der Waals surface area contributed by atoms with Crippen LogP contribution in [0.15, 0.2) is 30.3 Å². The fourth-order valence-electron chi connectivity index (χ4n) is 5.41. The van der Waals surface area contributed by atoms with Gasteiger partial charge in [-0.3, -0.25) is 14.3 Å². The third-order valence-corrected chi connectivity index (χ3v) is 7.52. The lowest BCUT2D eigenvalue weighted by Gasteiger charge is -2.44. The number of carbonyl (C=O) groups excluding carboxylic acids is 2. The second-order valence-electron chi connectivity index (χ2n) is 9.93. The van der Waals surface area contributed by atoms with Crippen molar-refractivity contribution in [1.82, 2.24) is 20.0 Å². The SMILES string of the molecule is COc1ccc(-c2cc3n(n2)C[C@](C)(C(=O)NC2CCCCC2)N(C[C@H]2CCCO2)C3=O)cc1. The Balaban J connectivity index is 1.46. The molecular formula is C26H34N4O4. The number of nitrogens with zero attached hydrogens (tertiary/aromatic N) is 3. The molecule has 2 fully saturated rings. The quantitative estimate of drug-likeness (QED) is 0.705. The number of hydrogen-bond donors (Lipinski definition) is 1. The number of hydrogen-bond acceptors (Lipinski definition) is 5. The Bertz CT molecular complexity index is 1040. The molecule has 0 unspecified atom stereocenters. The van der Waals surface area contributed by atoms with E-state index < -0.39 is 5.54 Å². The molecule has 1 saturated heterocycles. The average Bonchev–Trinajstić information content (AvgIpc) is 3.52. The summed E-state index contributed by atoms with van der Waals surface area (Å²) in [5, 5.41) is 7.99. The Hall–Kier alpha value is -2.87. The maximum Gasteiger partial charge on any atom is 0.273 e. The van der Waals surface area contributed by atoms with Gasteiger partial charge in [0, 0.05) is 24.8 Å². The van der Waals surface area contributed by atoms with E-state index in [-0.39, 0.29) is 24.0 Å². The molecular weight excluding hydrogens is 432 g/mol. The molecule has 3 aliphatic rings. The van der Waals surface area contributed by atoms with Crippen molar-refractivity contribution in [3.8, 4) is 17.0 Å². The van der Waals surface area contributed by atoms with Gasteiger partial charge in [-0.05, 0) is 62.9 Å². The first kappa shape index (κ1) is 22.9. The molecule has 0 bridgehead atoms. The first-order valence-electron chi connectivity index (χ1n) is 12.4. The molecule has 5 rings (SSSR count). The van der Waals surface area contributed by atoms with Crippen LogP contribution in [0.5, 0.6) is 5.75 Å². The van der Waals surface area contributed by atoms with Crippen molar-refractivity contribution in [2.45, 2.75) is 76.1 Å². The second-order valence-corrected chi connectivity index (χ2v) is 9.93. The van der Waals surface area contributed by atoms with E-state index in [1.54, 1.807) is 16.7 Å². The number of fused-ring (bicyclic) bond motifs is 1. The van der Waals surface area contributed by atoms with E-state index in [9.17, 15) is 9.59 Å². The monoisotopic (exact) mass is 466 g/mol. The van der Waals surface area contributed by atoms with Crippen molar-refractivity contribution in [1.29, 1.82) is 0 Å². The molecule has 3 heterocycles. The van der Waals surface area contributed by atoms with E-state index in [4.69, 9.17) is 14.6 Å². The van der Waals surface area contributed by atoms with Crippen molar-refractivity contribution in [3.63, 3.8) is 0 Å². The fourth-order valence-corrected chi connectivity index (χ4v) is 5.41. The van der Waals surface area contributed by atoms with Crippen LogP contribution in [0.1, 0.15) is 62.4 Å². The number of aromatic nitrogens is 2. The van der Waals surface area contributed by atoms with Gasteiger partial charge in [0.2, 0.25) is 5.91 Å². The largest absolute Gasteiger partial charge is 0.497 e. The fraction of sp³-hybridized carbons (Fsp3) is 0.577. The van der Waals surface area contributed by atoms with E-state index in [1.807, 2.05) is 37.3 Å². The minimum atomic E-state index is -1.03. The Morgan fingerprint density at radius 3 is 2.62 bits per heavy atom. The van der Waals surface area contributed by atoms with Gasteiger partial charge < -0.3 is 19.7 Å². The number of rotatable bonds is 6. The molecule has 34 heavy (non-hydrogen) atoms. The highest BCUT2D eigenvalue weighted by atomic mass is 16.5. The van der Waals surface area contributed by atoms with Crippen molar-refractivity contribution in [2.24, 2.45) is 0 Å². The van der Waals surface area contributed by atoms with Gasteiger partial charge in [0.1, 0.15) is 17.0 Å². The predicted molar refractivity (Wildman–Crippen MR) is 128 cm³/mol. The van der Waals surface area contributed by atoms with Crippen molar-refractivity contribution >= 4 is 11.8 Å². The minimum Gasteiger partial charge on any atom is -0.497 e. The smallest absolute Gasteiger partial charge is 0.273 e. The molecule has 1 N–H and O–H groups in total. The summed E-state index contributed by atoms with van der Waals surface area (Å²) in [5.41, 5.74) is 1.08. The molecule has 0 spiro atoms. The van der Waals surface area contributed by atoms with E-state index in [0.717, 1.165) is 49.8 Å². The highest BCUT2D eigenvalue weighted by Crippen LogP contribution is 2.32. The average molecular weight is 467 g/mol. The Kier molecular flexibility index (Phi) is 6.34. The number of carbonyl (C=O) groups is 2. The first-order valence-corrected chi connectivity index (χ1v) is 12.4. The van der Waals surface area contributed by atoms with Gasteiger partial charge in [-0.25, -0.2) is 0 Å². The maximum atomic E-state index is 13.8. The molecule has 8 heteroatoms. The molecule has 2 atom stereocenters. The van der Waals surface area contributed by atoms with Crippen molar-refractivity contribution < 1.29 is 19.1 Å². The number of nitrogens with one attached hydrogen (secondary N) is 1. The van der Waals surface area contributed by atoms with Gasteiger partial charge in [-0.2, -0.15) is 5.10 Å². The van der Waals surface area contributed by atoms with Crippen LogP contribution in [0.3, 0.4) is 0 Å². The summed E-state index contributed by atoms with van der Waals surface area (Å²) >= 11 is 0. The zero-order chi connectivity index (χ0) is 23.7. The van der Waals surface area contributed by atoms with Gasteiger partial charge in [0.05, 0.1) is 25.5 Å². The van der Waals surface area contributed by atoms with Crippen molar-refractivity contribution in [3.05, 3.63) is 36.0 Å². The topological polar surface area (TPSA) is 85.7 Å². The van der Waals surface area contributed by atoms with Crippen LogP contribution in [-0.2, 0) is 16.1 Å². The summed E-state index contributed by atoms with van der Waals surface area (Å²) in [7, 11) is 1.63. The minimum absolute atomic E-state index is 0.0405. The normalized spacial score (nSPS) is 25.3. The van der Waals surface area contributed by atoms with Crippen LogP contribution in [-0.4, -0.2) is 64.4 Å². The molecule has 0 radical (unpaired) electrons. The predicted octanol–water partition coefficient (Wildman–Crippen LogP) is 3.40. The molecule has 1 aromatic heterocycles. The Morgan fingerprint density at radius 2 is 1.94 bits per heavy atom. The summed E-state index contributed by atoms with van der Waals surface area (Å²) in [6, 6.07) is 9.60. The number of benzene rings is 1. The summed E-state index contributed by atoms with van der Waals surface area (Å²) in [6.45, 7) is 3.30. The Morgan fingerprint density at radius 1 is 1.18 bits per heavy atom. The van der Waals surface area contributed by atoms with Gasteiger partial charge in [-0.15, -0.1) is 0 Å². The highest BCUT2D eigenvalue weighted by Gasteiger charge is 2.49. The lowest BCUT2D eigenvalue weighted by molar-refractivity contribution is -0.134. The van der Waals surface area contributed by atoms with Crippen LogP contribution in [0.25, 0.3) is 11.3 Å². The highest BCUT2D eigenvalue weighted by molar-refractivity contribution is 6.00. The van der Waals surface area contributed by atoms with Crippen LogP contribution in [0.4, 0.5) is 0 Å². The van der Waals surface area contributed by atoms with Crippen LogP contribution in [0, 0.1) is 0 Å². The molecule has 8 nitrogen and oxygen atoms in total. The second kappa shape index (κ2) is 9.41. The molecule has 182 valence electrons. The van der Waals surface area contributed by atoms with Crippen LogP contribution in [0.2, 0.25) is 0 Å². The summed E-state index contributed by atoms with van der Waals surface area (Å²) in [6.07, 6.45) is 7.33. The standard InChI is InChI=1S/C26H34N4O4/c1-26(25(32)27-19-7-4-3-5-8-19)17-30-23(24(31)29(26)16-21-9-6-14-34-21)15-22(28-30)18-10-12-20(33-2)13-11-18/h10-13,15,19,21H,3-9,14,16-17H2,1-2H3,(H,27,32)/t21-,26-/m1/s1. The zero-order valence-corrected chi connectivity index (χ0v) is 20.1. The van der Waals surface area contributed by atoms with E-state index >= 15 is 0 Å². The molecule has 1 aliphatic carbocycles. The summed E-state index contributed by atoms with van der Waals surface area (Å²) in [5.74, 6) is 0.492. The third-order valence-electron chi connectivity index (χ3n) is 7.52. The van der Waals surface area contributed by atoms with E-state index in [1.165, 1.54) is 6.42 Å². The van der Waals surface area contributed by atoms with Crippen LogP contribution >= 0.6 is 0 Å². The maximum absolute atomic E-state index is 13.8. The lowest BCUT2D eigenvalue weighted by atomic mass is 9.91. The zero-order valence-electron chi connectivity index (χ0n) is 20.1. The molecule has 2 aromatic rings.